The van der Waals surface area contributed by atoms with Gasteiger partial charge in [0.1, 0.15) is 0 Å². The van der Waals surface area contributed by atoms with Crippen molar-refractivity contribution in [2.24, 2.45) is 0 Å². The molecule has 0 heteroatoms. The quantitative estimate of drug-likeness (QED) is 0.618. The van der Waals surface area contributed by atoms with Crippen LogP contribution in [0.3, 0.4) is 0 Å². The van der Waals surface area contributed by atoms with Crippen molar-refractivity contribution in [1.82, 2.24) is 0 Å². The van der Waals surface area contributed by atoms with Crippen molar-refractivity contribution in [1.29, 1.82) is 0 Å². The molecule has 0 unspecified atom stereocenters. The van der Waals surface area contributed by atoms with E-state index in [1.165, 1.54) is 16.7 Å². The predicted molar refractivity (Wildman–Crippen MR) is 76.4 cm³/mol. The molecule has 0 saturated heterocycles. The van der Waals surface area contributed by atoms with E-state index in [2.05, 4.69) is 49.9 Å². The molecule has 0 radical (unpaired) electrons. The summed E-state index contributed by atoms with van der Waals surface area (Å²) < 4.78 is 0. The lowest BCUT2D eigenvalue weighted by Crippen LogP contribution is -1.86. The molecule has 0 fully saturated rings. The molecule has 0 aliphatic carbocycles. The molecule has 1 rings (SSSR count). The second kappa shape index (κ2) is 8.96. The Labute approximate surface area is 101 Å². The molecule has 0 amide bonds. The number of benzene rings is 1. The summed E-state index contributed by atoms with van der Waals surface area (Å²) in [4.78, 5) is 0. The third-order valence-corrected chi connectivity index (χ3v) is 2.24. The summed E-state index contributed by atoms with van der Waals surface area (Å²) in [5.41, 5.74) is 3.79. The maximum absolute atomic E-state index is 4.12. The molecule has 0 N–H and O–H groups in total. The topological polar surface area (TPSA) is 0 Å². The molecular weight excluding hydrogens is 192 g/mol. The van der Waals surface area contributed by atoms with E-state index >= 15 is 0 Å². The highest BCUT2D eigenvalue weighted by Gasteiger charge is 2.01. The fraction of sp³-hybridized carbons (Fsp3) is 0.375. The Kier molecular flexibility index (Phi) is 8.24. The van der Waals surface area contributed by atoms with Gasteiger partial charge in [0.25, 0.3) is 0 Å². The third kappa shape index (κ3) is 4.48. The lowest BCUT2D eigenvalue weighted by atomic mass is 9.97. The SMILES string of the molecule is C=C(CCC)c1ccccc1/C=C\C.CC. The van der Waals surface area contributed by atoms with Crippen LogP contribution in [0.25, 0.3) is 11.6 Å². The molecule has 0 spiro atoms. The Hall–Kier alpha value is -1.30. The summed E-state index contributed by atoms with van der Waals surface area (Å²) in [5.74, 6) is 0. The molecule has 88 valence electrons. The van der Waals surface area contributed by atoms with Crippen LogP contribution >= 0.6 is 0 Å². The van der Waals surface area contributed by atoms with Crippen molar-refractivity contribution < 1.29 is 0 Å². The van der Waals surface area contributed by atoms with Crippen LogP contribution in [0, 0.1) is 0 Å². The van der Waals surface area contributed by atoms with E-state index in [0.717, 1.165) is 12.8 Å². The number of hydrogen-bond donors (Lipinski definition) is 0. The molecule has 0 aliphatic heterocycles. The van der Waals surface area contributed by atoms with Gasteiger partial charge in [-0.15, -0.1) is 0 Å². The minimum absolute atomic E-state index is 1.08. The van der Waals surface area contributed by atoms with Crippen LogP contribution in [0.1, 0.15) is 51.7 Å². The van der Waals surface area contributed by atoms with Crippen LogP contribution in [0.5, 0.6) is 0 Å². The number of hydrogen-bond acceptors (Lipinski definition) is 0. The Bertz CT molecular complexity index is 332. The van der Waals surface area contributed by atoms with Crippen LogP contribution < -0.4 is 0 Å². The van der Waals surface area contributed by atoms with Gasteiger partial charge in [0.2, 0.25) is 0 Å². The van der Waals surface area contributed by atoms with E-state index in [9.17, 15) is 0 Å². The molecule has 0 heterocycles. The summed E-state index contributed by atoms with van der Waals surface area (Å²) in [5, 5.41) is 0. The predicted octanol–water partition coefficient (Wildman–Crippen LogP) is 5.56. The lowest BCUT2D eigenvalue weighted by molar-refractivity contribution is 0.975. The standard InChI is InChI=1S/C14H18.C2H6/c1-4-8-12(3)14-11-7-6-10-13(14)9-5-2;1-2/h5-7,9-11H,3-4,8H2,1-2H3;1-2H3/b9-5-;. The van der Waals surface area contributed by atoms with Crippen molar-refractivity contribution in [2.45, 2.75) is 40.5 Å². The summed E-state index contributed by atoms with van der Waals surface area (Å²) in [6, 6.07) is 8.42. The zero-order valence-corrected chi connectivity index (χ0v) is 11.1. The molecule has 0 aromatic heterocycles. The largest absolute Gasteiger partial charge is 0.0952 e. The zero-order valence-electron chi connectivity index (χ0n) is 11.1. The third-order valence-electron chi connectivity index (χ3n) is 2.24. The molecule has 0 atom stereocenters. The molecule has 0 nitrogen and oxygen atoms in total. The number of rotatable bonds is 4. The molecule has 1 aromatic rings. The molecule has 1 aromatic carbocycles. The Balaban J connectivity index is 0.00000106. The van der Waals surface area contributed by atoms with Crippen molar-refractivity contribution in [3.63, 3.8) is 0 Å². The first-order valence-electron chi connectivity index (χ1n) is 6.19. The molecule has 0 aliphatic rings. The van der Waals surface area contributed by atoms with Crippen molar-refractivity contribution in [3.8, 4) is 0 Å². The monoisotopic (exact) mass is 216 g/mol. The Morgan fingerprint density at radius 2 is 1.88 bits per heavy atom. The highest BCUT2D eigenvalue weighted by Crippen LogP contribution is 2.22. The first kappa shape index (κ1) is 14.7. The minimum Gasteiger partial charge on any atom is -0.0952 e. The zero-order chi connectivity index (χ0) is 12.4. The minimum atomic E-state index is 1.08. The van der Waals surface area contributed by atoms with Gasteiger partial charge in [-0.25, -0.2) is 0 Å². The molecular formula is C16H24. The van der Waals surface area contributed by atoms with E-state index in [0.29, 0.717) is 0 Å². The van der Waals surface area contributed by atoms with Gasteiger partial charge in [0, 0.05) is 0 Å². The van der Waals surface area contributed by atoms with Gasteiger partial charge >= 0.3 is 0 Å². The van der Waals surface area contributed by atoms with Crippen LogP contribution in [0.15, 0.2) is 36.9 Å². The first-order chi connectivity index (χ1) is 7.79. The van der Waals surface area contributed by atoms with Crippen molar-refractivity contribution >= 4 is 11.6 Å². The van der Waals surface area contributed by atoms with E-state index in [4.69, 9.17) is 0 Å². The van der Waals surface area contributed by atoms with Gasteiger partial charge in [-0.05, 0) is 30.0 Å². The van der Waals surface area contributed by atoms with E-state index in [-0.39, 0.29) is 0 Å². The highest BCUT2D eigenvalue weighted by atomic mass is 14.1. The van der Waals surface area contributed by atoms with E-state index < -0.39 is 0 Å². The average molecular weight is 216 g/mol. The summed E-state index contributed by atoms with van der Waals surface area (Å²) >= 11 is 0. The maximum Gasteiger partial charge on any atom is -0.0158 e. The average Bonchev–Trinajstić information content (AvgIpc) is 2.33. The van der Waals surface area contributed by atoms with E-state index in [1.807, 2.05) is 20.8 Å². The van der Waals surface area contributed by atoms with Gasteiger partial charge in [-0.2, -0.15) is 0 Å². The second-order valence-electron chi connectivity index (χ2n) is 3.44. The Morgan fingerprint density at radius 1 is 1.25 bits per heavy atom. The summed E-state index contributed by atoms with van der Waals surface area (Å²) in [6.07, 6.45) is 6.44. The Morgan fingerprint density at radius 3 is 2.44 bits per heavy atom. The maximum atomic E-state index is 4.12. The van der Waals surface area contributed by atoms with Gasteiger partial charge < -0.3 is 0 Å². The van der Waals surface area contributed by atoms with Crippen molar-refractivity contribution in [3.05, 3.63) is 48.0 Å². The van der Waals surface area contributed by atoms with Gasteiger partial charge in [0.15, 0.2) is 0 Å². The van der Waals surface area contributed by atoms with Crippen molar-refractivity contribution in [2.75, 3.05) is 0 Å². The van der Waals surface area contributed by atoms with Crippen LogP contribution in [-0.4, -0.2) is 0 Å². The van der Waals surface area contributed by atoms with Gasteiger partial charge in [-0.1, -0.05) is 70.2 Å². The molecule has 16 heavy (non-hydrogen) atoms. The van der Waals surface area contributed by atoms with E-state index in [1.54, 1.807) is 0 Å². The van der Waals surface area contributed by atoms with Crippen LogP contribution in [0.4, 0.5) is 0 Å². The van der Waals surface area contributed by atoms with Gasteiger partial charge in [0.05, 0.1) is 0 Å². The summed E-state index contributed by atoms with van der Waals surface area (Å²) in [6.45, 7) is 12.3. The molecule has 0 saturated carbocycles. The first-order valence-corrected chi connectivity index (χ1v) is 6.19. The van der Waals surface area contributed by atoms with Gasteiger partial charge in [-0.3, -0.25) is 0 Å². The fourth-order valence-electron chi connectivity index (χ4n) is 1.58. The van der Waals surface area contributed by atoms with Crippen LogP contribution in [0.2, 0.25) is 0 Å². The smallest absolute Gasteiger partial charge is 0.0158 e. The lowest BCUT2D eigenvalue weighted by Gasteiger charge is -2.07. The highest BCUT2D eigenvalue weighted by molar-refractivity contribution is 5.72. The second-order valence-corrected chi connectivity index (χ2v) is 3.44. The fourth-order valence-corrected chi connectivity index (χ4v) is 1.58. The number of allylic oxidation sites excluding steroid dienone is 2. The summed E-state index contributed by atoms with van der Waals surface area (Å²) in [7, 11) is 0. The normalized spacial score (nSPS) is 9.75. The molecule has 0 bridgehead atoms. The van der Waals surface area contributed by atoms with Crippen LogP contribution in [-0.2, 0) is 0 Å².